The van der Waals surface area contributed by atoms with Gasteiger partial charge >= 0.3 is 6.18 Å². The van der Waals surface area contributed by atoms with Crippen molar-refractivity contribution in [3.63, 3.8) is 0 Å². The molecule has 0 bridgehead atoms. The number of hydrogen-bond donors (Lipinski definition) is 1. The van der Waals surface area contributed by atoms with Crippen molar-refractivity contribution in [1.82, 2.24) is 10.2 Å². The van der Waals surface area contributed by atoms with Gasteiger partial charge in [-0.1, -0.05) is 18.2 Å². The van der Waals surface area contributed by atoms with Crippen LogP contribution in [0.25, 0.3) is 0 Å². The summed E-state index contributed by atoms with van der Waals surface area (Å²) < 4.78 is 38.9. The fraction of sp³-hybridized carbons (Fsp3) is 0.571. The van der Waals surface area contributed by atoms with Gasteiger partial charge in [-0.25, -0.2) is 0 Å². The zero-order valence-electron chi connectivity index (χ0n) is 11.2. The van der Waals surface area contributed by atoms with Crippen LogP contribution in [0.4, 0.5) is 13.2 Å². The predicted molar refractivity (Wildman–Crippen MR) is 68.8 cm³/mol. The van der Waals surface area contributed by atoms with Gasteiger partial charge < -0.3 is 5.32 Å². The second kappa shape index (κ2) is 5.51. The molecule has 1 aromatic carbocycles. The Hall–Kier alpha value is -1.07. The smallest absolute Gasteiger partial charge is 0.314 e. The van der Waals surface area contributed by atoms with Crippen LogP contribution >= 0.6 is 0 Å². The predicted octanol–water partition coefficient (Wildman–Crippen LogP) is 2.89. The highest BCUT2D eigenvalue weighted by molar-refractivity contribution is 5.29. The molecule has 0 radical (unpaired) electrons. The van der Waals surface area contributed by atoms with E-state index in [9.17, 15) is 13.2 Å². The van der Waals surface area contributed by atoms with Crippen LogP contribution in [0.15, 0.2) is 24.3 Å². The van der Waals surface area contributed by atoms with Gasteiger partial charge in [-0.3, -0.25) is 4.90 Å². The molecule has 1 heterocycles. The Kier molecular flexibility index (Phi) is 4.16. The second-order valence-electron chi connectivity index (χ2n) is 5.18. The van der Waals surface area contributed by atoms with E-state index in [1.54, 1.807) is 12.1 Å². The Labute approximate surface area is 111 Å². The van der Waals surface area contributed by atoms with E-state index in [-0.39, 0.29) is 12.1 Å². The number of piperazine rings is 1. The van der Waals surface area contributed by atoms with Crippen molar-refractivity contribution in [2.24, 2.45) is 0 Å². The standard InChI is InChI=1S/C14H19F3N2/c1-10-7-18-8-11(2)19(10)9-12-5-3-4-6-13(12)14(15,16)17/h3-6,10-11,18H,7-9H2,1-2H3. The van der Waals surface area contributed by atoms with Crippen molar-refractivity contribution in [2.45, 2.75) is 38.7 Å². The van der Waals surface area contributed by atoms with E-state index in [1.165, 1.54) is 6.07 Å². The molecule has 2 atom stereocenters. The zero-order chi connectivity index (χ0) is 14.0. The Balaban J connectivity index is 2.23. The maximum Gasteiger partial charge on any atom is 0.416 e. The van der Waals surface area contributed by atoms with E-state index in [0.29, 0.717) is 12.1 Å². The molecule has 19 heavy (non-hydrogen) atoms. The lowest BCUT2D eigenvalue weighted by molar-refractivity contribution is -0.138. The molecular formula is C14H19F3N2. The van der Waals surface area contributed by atoms with Gasteiger partial charge in [0, 0.05) is 31.7 Å². The third-order valence-electron chi connectivity index (χ3n) is 3.69. The van der Waals surface area contributed by atoms with Crippen LogP contribution in [-0.2, 0) is 12.7 Å². The number of alkyl halides is 3. The highest BCUT2D eigenvalue weighted by Crippen LogP contribution is 2.32. The van der Waals surface area contributed by atoms with E-state index >= 15 is 0 Å². The van der Waals surface area contributed by atoms with Gasteiger partial charge in [0.2, 0.25) is 0 Å². The van der Waals surface area contributed by atoms with Crippen LogP contribution in [0.3, 0.4) is 0 Å². The number of halogens is 3. The fourth-order valence-electron chi connectivity index (χ4n) is 2.61. The zero-order valence-corrected chi connectivity index (χ0v) is 11.2. The molecule has 2 nitrogen and oxygen atoms in total. The minimum absolute atomic E-state index is 0.241. The summed E-state index contributed by atoms with van der Waals surface area (Å²) in [6, 6.07) is 6.33. The molecular weight excluding hydrogens is 253 g/mol. The minimum atomic E-state index is -4.28. The third kappa shape index (κ3) is 3.28. The fourth-order valence-corrected chi connectivity index (χ4v) is 2.61. The molecule has 0 amide bonds. The Morgan fingerprint density at radius 2 is 1.74 bits per heavy atom. The Bertz CT molecular complexity index is 421. The van der Waals surface area contributed by atoms with Crippen molar-refractivity contribution in [2.75, 3.05) is 13.1 Å². The quantitative estimate of drug-likeness (QED) is 0.890. The number of nitrogens with zero attached hydrogens (tertiary/aromatic N) is 1. The monoisotopic (exact) mass is 272 g/mol. The van der Waals surface area contributed by atoms with Gasteiger partial charge in [-0.15, -0.1) is 0 Å². The molecule has 1 aliphatic heterocycles. The molecule has 1 aromatic rings. The maximum atomic E-state index is 13.0. The molecule has 2 rings (SSSR count). The van der Waals surface area contributed by atoms with Crippen molar-refractivity contribution in [3.05, 3.63) is 35.4 Å². The maximum absolute atomic E-state index is 13.0. The number of benzene rings is 1. The van der Waals surface area contributed by atoms with Crippen LogP contribution in [0.1, 0.15) is 25.0 Å². The molecule has 1 aliphatic rings. The summed E-state index contributed by atoms with van der Waals surface area (Å²) >= 11 is 0. The molecule has 0 saturated carbocycles. The number of rotatable bonds is 2. The Morgan fingerprint density at radius 1 is 1.16 bits per heavy atom. The van der Waals surface area contributed by atoms with E-state index in [2.05, 4.69) is 10.2 Å². The number of nitrogens with one attached hydrogen (secondary N) is 1. The number of hydrogen-bond acceptors (Lipinski definition) is 2. The van der Waals surface area contributed by atoms with Gasteiger partial charge in [-0.05, 0) is 25.5 Å². The topological polar surface area (TPSA) is 15.3 Å². The van der Waals surface area contributed by atoms with E-state index in [1.807, 2.05) is 13.8 Å². The molecule has 0 aliphatic carbocycles. The molecule has 1 fully saturated rings. The van der Waals surface area contributed by atoms with Crippen LogP contribution in [0, 0.1) is 0 Å². The SMILES string of the molecule is CC1CNCC(C)N1Cc1ccccc1C(F)(F)F. The van der Waals surface area contributed by atoms with Gasteiger partial charge in [-0.2, -0.15) is 13.2 Å². The summed E-state index contributed by atoms with van der Waals surface area (Å²) in [5.74, 6) is 0. The summed E-state index contributed by atoms with van der Waals surface area (Å²) in [6.45, 7) is 6.06. The molecule has 2 unspecified atom stereocenters. The summed E-state index contributed by atoms with van der Waals surface area (Å²) in [7, 11) is 0. The van der Waals surface area contributed by atoms with Gasteiger partial charge in [0.05, 0.1) is 5.56 Å². The third-order valence-corrected chi connectivity index (χ3v) is 3.69. The lowest BCUT2D eigenvalue weighted by atomic mass is 10.0. The van der Waals surface area contributed by atoms with Gasteiger partial charge in [0.1, 0.15) is 0 Å². The van der Waals surface area contributed by atoms with Crippen LogP contribution in [-0.4, -0.2) is 30.1 Å². The lowest BCUT2D eigenvalue weighted by Crippen LogP contribution is -2.54. The summed E-state index contributed by atoms with van der Waals surface area (Å²) in [5, 5.41) is 3.28. The highest BCUT2D eigenvalue weighted by atomic mass is 19.4. The summed E-state index contributed by atoms with van der Waals surface area (Å²) in [4.78, 5) is 2.13. The van der Waals surface area contributed by atoms with E-state index in [4.69, 9.17) is 0 Å². The van der Waals surface area contributed by atoms with E-state index < -0.39 is 11.7 Å². The molecule has 1 saturated heterocycles. The molecule has 5 heteroatoms. The van der Waals surface area contributed by atoms with Crippen molar-refractivity contribution in [1.29, 1.82) is 0 Å². The average Bonchev–Trinajstić information content (AvgIpc) is 2.33. The first-order valence-electron chi connectivity index (χ1n) is 6.51. The normalized spacial score (nSPS) is 25.5. The largest absolute Gasteiger partial charge is 0.416 e. The summed E-state index contributed by atoms with van der Waals surface area (Å²) in [6.07, 6.45) is -4.28. The van der Waals surface area contributed by atoms with Crippen LogP contribution in [0.5, 0.6) is 0 Å². The molecule has 0 aromatic heterocycles. The first-order valence-corrected chi connectivity index (χ1v) is 6.51. The summed E-state index contributed by atoms with van der Waals surface area (Å²) in [5.41, 5.74) is -0.163. The van der Waals surface area contributed by atoms with Crippen LogP contribution in [0.2, 0.25) is 0 Å². The lowest BCUT2D eigenvalue weighted by Gasteiger charge is -2.39. The van der Waals surface area contributed by atoms with Gasteiger partial charge in [0.25, 0.3) is 0 Å². The van der Waals surface area contributed by atoms with Gasteiger partial charge in [0.15, 0.2) is 0 Å². The molecule has 106 valence electrons. The minimum Gasteiger partial charge on any atom is -0.314 e. The highest BCUT2D eigenvalue weighted by Gasteiger charge is 2.34. The van der Waals surface area contributed by atoms with Crippen molar-refractivity contribution in [3.8, 4) is 0 Å². The van der Waals surface area contributed by atoms with Crippen molar-refractivity contribution < 1.29 is 13.2 Å². The average molecular weight is 272 g/mol. The first-order chi connectivity index (χ1) is 8.89. The first kappa shape index (κ1) is 14.3. The molecule has 1 N–H and O–H groups in total. The molecule has 0 spiro atoms. The Morgan fingerprint density at radius 3 is 2.32 bits per heavy atom. The second-order valence-corrected chi connectivity index (χ2v) is 5.18. The van der Waals surface area contributed by atoms with E-state index in [0.717, 1.165) is 19.2 Å². The van der Waals surface area contributed by atoms with Crippen molar-refractivity contribution >= 4 is 0 Å². The van der Waals surface area contributed by atoms with Crippen LogP contribution < -0.4 is 5.32 Å².